The Kier molecular flexibility index (Phi) is 3.22. The van der Waals surface area contributed by atoms with Gasteiger partial charge in [-0.05, 0) is 26.3 Å². The molecule has 2 aromatic rings. The summed E-state index contributed by atoms with van der Waals surface area (Å²) in [5.41, 5.74) is 3.14. The highest BCUT2D eigenvalue weighted by Crippen LogP contribution is 2.21. The predicted molar refractivity (Wildman–Crippen MR) is 67.8 cm³/mol. The fraction of sp³-hybridized carbons (Fsp3) is 0.462. The molecule has 0 spiro atoms. The SMILES string of the molecule is CCc1ncc(C)c(-c2cnn(C(C)C)c2)n1. The zero-order valence-corrected chi connectivity index (χ0v) is 10.8. The Labute approximate surface area is 102 Å². The molecular weight excluding hydrogens is 212 g/mol. The molecule has 17 heavy (non-hydrogen) atoms. The minimum Gasteiger partial charge on any atom is -0.270 e. The summed E-state index contributed by atoms with van der Waals surface area (Å²) in [6, 6.07) is 0.372. The molecule has 0 saturated carbocycles. The van der Waals surface area contributed by atoms with Crippen molar-refractivity contribution in [3.63, 3.8) is 0 Å². The zero-order chi connectivity index (χ0) is 12.4. The molecule has 0 aliphatic rings. The largest absolute Gasteiger partial charge is 0.270 e. The second kappa shape index (κ2) is 4.65. The molecule has 0 radical (unpaired) electrons. The van der Waals surface area contributed by atoms with Crippen molar-refractivity contribution >= 4 is 0 Å². The Morgan fingerprint density at radius 2 is 2.06 bits per heavy atom. The van der Waals surface area contributed by atoms with Gasteiger partial charge in [-0.2, -0.15) is 5.10 Å². The Morgan fingerprint density at radius 1 is 1.29 bits per heavy atom. The molecule has 2 aromatic heterocycles. The molecule has 0 bridgehead atoms. The zero-order valence-electron chi connectivity index (χ0n) is 10.8. The predicted octanol–water partition coefficient (Wildman–Crippen LogP) is 2.79. The molecule has 0 fully saturated rings. The summed E-state index contributed by atoms with van der Waals surface area (Å²) in [6.45, 7) is 8.32. The number of aromatic nitrogens is 4. The van der Waals surface area contributed by atoms with E-state index < -0.39 is 0 Å². The van der Waals surface area contributed by atoms with Gasteiger partial charge >= 0.3 is 0 Å². The number of rotatable bonds is 3. The average molecular weight is 230 g/mol. The molecule has 0 amide bonds. The maximum atomic E-state index is 4.57. The monoisotopic (exact) mass is 230 g/mol. The second-order valence-electron chi connectivity index (χ2n) is 4.47. The molecule has 0 N–H and O–H groups in total. The highest BCUT2D eigenvalue weighted by molar-refractivity contribution is 5.60. The first-order valence-corrected chi connectivity index (χ1v) is 5.99. The molecular formula is C13H18N4. The van der Waals surface area contributed by atoms with Gasteiger partial charge in [-0.3, -0.25) is 4.68 Å². The number of hydrogen-bond donors (Lipinski definition) is 0. The highest BCUT2D eigenvalue weighted by Gasteiger charge is 2.09. The molecule has 90 valence electrons. The van der Waals surface area contributed by atoms with Crippen LogP contribution in [0.15, 0.2) is 18.6 Å². The van der Waals surface area contributed by atoms with E-state index in [0.717, 1.165) is 29.1 Å². The van der Waals surface area contributed by atoms with Crippen LogP contribution in [-0.2, 0) is 6.42 Å². The van der Waals surface area contributed by atoms with E-state index in [0.29, 0.717) is 6.04 Å². The van der Waals surface area contributed by atoms with Crippen LogP contribution in [0.2, 0.25) is 0 Å². The summed E-state index contributed by atoms with van der Waals surface area (Å²) in [5, 5.41) is 4.34. The van der Waals surface area contributed by atoms with E-state index in [1.807, 2.05) is 30.2 Å². The number of nitrogens with zero attached hydrogens (tertiary/aromatic N) is 4. The Hall–Kier alpha value is -1.71. The van der Waals surface area contributed by atoms with E-state index in [4.69, 9.17) is 0 Å². The van der Waals surface area contributed by atoms with Crippen LogP contribution >= 0.6 is 0 Å². The van der Waals surface area contributed by atoms with Gasteiger partial charge < -0.3 is 0 Å². The van der Waals surface area contributed by atoms with E-state index in [1.54, 1.807) is 0 Å². The molecule has 0 unspecified atom stereocenters. The fourth-order valence-electron chi connectivity index (χ4n) is 1.68. The molecule has 2 heterocycles. The third kappa shape index (κ3) is 2.35. The first-order chi connectivity index (χ1) is 8.11. The van der Waals surface area contributed by atoms with E-state index in [2.05, 4.69) is 35.8 Å². The Bertz CT molecular complexity index is 514. The van der Waals surface area contributed by atoms with Crippen molar-refractivity contribution in [1.29, 1.82) is 0 Å². The lowest BCUT2D eigenvalue weighted by Crippen LogP contribution is -2.00. The molecule has 0 aromatic carbocycles. The second-order valence-corrected chi connectivity index (χ2v) is 4.47. The first kappa shape index (κ1) is 11.8. The Morgan fingerprint density at radius 3 is 2.65 bits per heavy atom. The maximum Gasteiger partial charge on any atom is 0.128 e. The molecule has 4 heteroatoms. The lowest BCUT2D eigenvalue weighted by molar-refractivity contribution is 0.532. The van der Waals surface area contributed by atoms with Crippen LogP contribution in [0, 0.1) is 6.92 Å². The third-order valence-corrected chi connectivity index (χ3v) is 2.74. The number of hydrogen-bond acceptors (Lipinski definition) is 3. The van der Waals surface area contributed by atoms with Crippen molar-refractivity contribution in [2.45, 2.75) is 40.2 Å². The number of aryl methyl sites for hydroxylation is 2. The standard InChI is InChI=1S/C13H18N4/c1-5-12-14-6-10(4)13(16-12)11-7-15-17(8-11)9(2)3/h6-9H,5H2,1-4H3. The summed E-state index contributed by atoms with van der Waals surface area (Å²) in [5.74, 6) is 0.878. The van der Waals surface area contributed by atoms with Gasteiger partial charge in [0, 0.05) is 30.4 Å². The Balaban J connectivity index is 2.44. The van der Waals surface area contributed by atoms with Crippen LogP contribution in [0.3, 0.4) is 0 Å². The first-order valence-electron chi connectivity index (χ1n) is 5.99. The normalized spacial score (nSPS) is 11.1. The summed E-state index contributed by atoms with van der Waals surface area (Å²) in [6.07, 6.45) is 6.65. The van der Waals surface area contributed by atoms with E-state index in [9.17, 15) is 0 Å². The van der Waals surface area contributed by atoms with Crippen molar-refractivity contribution in [1.82, 2.24) is 19.7 Å². The topological polar surface area (TPSA) is 43.6 Å². The van der Waals surface area contributed by atoms with Gasteiger partial charge in [-0.25, -0.2) is 9.97 Å². The van der Waals surface area contributed by atoms with Gasteiger partial charge in [0.1, 0.15) is 5.82 Å². The van der Waals surface area contributed by atoms with Gasteiger partial charge in [0.2, 0.25) is 0 Å². The smallest absolute Gasteiger partial charge is 0.128 e. The summed E-state index contributed by atoms with van der Waals surface area (Å²) < 4.78 is 1.95. The van der Waals surface area contributed by atoms with Crippen LogP contribution in [0.25, 0.3) is 11.3 Å². The van der Waals surface area contributed by atoms with Crippen LogP contribution in [0.4, 0.5) is 0 Å². The lowest BCUT2D eigenvalue weighted by Gasteiger charge is -2.05. The average Bonchev–Trinajstić information content (AvgIpc) is 2.79. The van der Waals surface area contributed by atoms with Crippen LogP contribution in [0.1, 0.15) is 38.2 Å². The lowest BCUT2D eigenvalue weighted by atomic mass is 10.1. The quantitative estimate of drug-likeness (QED) is 0.814. The minimum absolute atomic E-state index is 0.372. The van der Waals surface area contributed by atoms with Crippen LogP contribution < -0.4 is 0 Å². The molecule has 0 aliphatic heterocycles. The van der Waals surface area contributed by atoms with Crippen molar-refractivity contribution < 1.29 is 0 Å². The van der Waals surface area contributed by atoms with E-state index >= 15 is 0 Å². The summed E-state index contributed by atoms with van der Waals surface area (Å²) >= 11 is 0. The summed E-state index contributed by atoms with van der Waals surface area (Å²) in [7, 11) is 0. The third-order valence-electron chi connectivity index (χ3n) is 2.74. The van der Waals surface area contributed by atoms with Gasteiger partial charge in [0.15, 0.2) is 0 Å². The van der Waals surface area contributed by atoms with E-state index in [1.165, 1.54) is 0 Å². The highest BCUT2D eigenvalue weighted by atomic mass is 15.3. The molecule has 2 rings (SSSR count). The van der Waals surface area contributed by atoms with Crippen LogP contribution in [-0.4, -0.2) is 19.7 Å². The van der Waals surface area contributed by atoms with E-state index in [-0.39, 0.29) is 0 Å². The molecule has 0 atom stereocenters. The molecule has 4 nitrogen and oxygen atoms in total. The van der Waals surface area contributed by atoms with Gasteiger partial charge in [0.05, 0.1) is 11.9 Å². The van der Waals surface area contributed by atoms with Crippen molar-refractivity contribution in [2.75, 3.05) is 0 Å². The molecule has 0 saturated heterocycles. The minimum atomic E-state index is 0.372. The molecule has 0 aliphatic carbocycles. The van der Waals surface area contributed by atoms with Crippen LogP contribution in [0.5, 0.6) is 0 Å². The van der Waals surface area contributed by atoms with Crippen molar-refractivity contribution in [3.8, 4) is 11.3 Å². The van der Waals surface area contributed by atoms with Gasteiger partial charge in [-0.15, -0.1) is 0 Å². The summed E-state index contributed by atoms with van der Waals surface area (Å²) in [4.78, 5) is 8.86. The fourth-order valence-corrected chi connectivity index (χ4v) is 1.68. The van der Waals surface area contributed by atoms with Gasteiger partial charge in [0.25, 0.3) is 0 Å². The van der Waals surface area contributed by atoms with Crippen molar-refractivity contribution in [2.24, 2.45) is 0 Å². The van der Waals surface area contributed by atoms with Crippen molar-refractivity contribution in [3.05, 3.63) is 30.0 Å². The maximum absolute atomic E-state index is 4.57. The van der Waals surface area contributed by atoms with Gasteiger partial charge in [-0.1, -0.05) is 6.92 Å².